The largest absolute Gasteiger partial charge is 0.472 e. The van der Waals surface area contributed by atoms with Crippen LogP contribution in [0.15, 0.2) is 41.6 Å². The molecule has 0 spiro atoms. The number of furan rings is 1. The van der Waals surface area contributed by atoms with Crippen molar-refractivity contribution >= 4 is 5.91 Å². The number of carbonyl (C=O) groups is 1. The average Bonchev–Trinajstić information content (AvgIpc) is 3.33. The number of hydrogen-bond donors (Lipinski definition) is 1. The highest BCUT2D eigenvalue weighted by molar-refractivity contribution is 5.92. The van der Waals surface area contributed by atoms with Crippen LogP contribution in [0.3, 0.4) is 0 Å². The van der Waals surface area contributed by atoms with Gasteiger partial charge in [-0.2, -0.15) is 0 Å². The number of nitrogens with one attached hydrogen (secondary N) is 1. The van der Waals surface area contributed by atoms with E-state index in [0.717, 1.165) is 42.4 Å². The van der Waals surface area contributed by atoms with Gasteiger partial charge in [-0.25, -0.2) is 4.98 Å². The molecule has 0 saturated carbocycles. The molecule has 4 heterocycles. The van der Waals surface area contributed by atoms with Crippen LogP contribution in [0.25, 0.3) is 0 Å². The van der Waals surface area contributed by atoms with Crippen molar-refractivity contribution < 1.29 is 9.21 Å². The van der Waals surface area contributed by atoms with E-state index in [4.69, 9.17) is 4.42 Å². The summed E-state index contributed by atoms with van der Waals surface area (Å²) in [5.41, 5.74) is 3.14. The second-order valence-corrected chi connectivity index (χ2v) is 6.79. The predicted molar refractivity (Wildman–Crippen MR) is 97.7 cm³/mol. The Kier molecular flexibility index (Phi) is 4.72. The quantitative estimate of drug-likeness (QED) is 0.744. The van der Waals surface area contributed by atoms with Crippen molar-refractivity contribution in [1.82, 2.24) is 29.7 Å². The predicted octanol–water partition coefficient (Wildman–Crippen LogP) is 2.08. The fourth-order valence-electron chi connectivity index (χ4n) is 3.25. The van der Waals surface area contributed by atoms with Gasteiger partial charge in [0.1, 0.15) is 11.5 Å². The number of nitrogens with zero attached hydrogens (tertiary/aromatic N) is 5. The molecule has 0 bridgehead atoms. The lowest BCUT2D eigenvalue weighted by Gasteiger charge is -2.33. The summed E-state index contributed by atoms with van der Waals surface area (Å²) in [6, 6.07) is 2.10. The average molecular weight is 366 g/mol. The van der Waals surface area contributed by atoms with Crippen LogP contribution in [0.2, 0.25) is 0 Å². The van der Waals surface area contributed by atoms with Crippen molar-refractivity contribution in [2.75, 3.05) is 6.54 Å². The first kappa shape index (κ1) is 17.4. The molecule has 3 aromatic heterocycles. The van der Waals surface area contributed by atoms with Crippen LogP contribution in [0.4, 0.5) is 0 Å². The molecule has 8 nitrogen and oxygen atoms in total. The van der Waals surface area contributed by atoms with Gasteiger partial charge in [0.2, 0.25) is 0 Å². The molecular formula is C19H22N6O2. The van der Waals surface area contributed by atoms with Crippen LogP contribution < -0.4 is 5.32 Å². The summed E-state index contributed by atoms with van der Waals surface area (Å²) < 4.78 is 7.22. The summed E-state index contributed by atoms with van der Waals surface area (Å²) in [6.45, 7) is 6.83. The molecule has 0 unspecified atom stereocenters. The van der Waals surface area contributed by atoms with E-state index >= 15 is 0 Å². The Bertz CT molecular complexity index is 916. The van der Waals surface area contributed by atoms with Crippen LogP contribution >= 0.6 is 0 Å². The summed E-state index contributed by atoms with van der Waals surface area (Å²) in [4.78, 5) is 27.8. The number of aryl methyl sites for hydroxylation is 1. The van der Waals surface area contributed by atoms with Crippen LogP contribution in [0.5, 0.6) is 0 Å². The third-order valence-corrected chi connectivity index (χ3v) is 4.82. The van der Waals surface area contributed by atoms with Gasteiger partial charge in [-0.05, 0) is 19.9 Å². The number of imidazole rings is 1. The van der Waals surface area contributed by atoms with Gasteiger partial charge in [0, 0.05) is 37.6 Å². The van der Waals surface area contributed by atoms with Gasteiger partial charge < -0.3 is 14.3 Å². The van der Waals surface area contributed by atoms with Gasteiger partial charge in [0.05, 0.1) is 42.7 Å². The molecule has 0 aromatic carbocycles. The molecule has 1 aliphatic rings. The molecule has 0 saturated heterocycles. The highest BCUT2D eigenvalue weighted by Crippen LogP contribution is 2.26. The van der Waals surface area contributed by atoms with Gasteiger partial charge in [-0.3, -0.25) is 19.7 Å². The lowest BCUT2D eigenvalue weighted by molar-refractivity contribution is 0.0945. The van der Waals surface area contributed by atoms with Crippen LogP contribution in [0, 0.1) is 6.92 Å². The van der Waals surface area contributed by atoms with Crippen molar-refractivity contribution in [3.63, 3.8) is 0 Å². The van der Waals surface area contributed by atoms with Crippen molar-refractivity contribution in [3.8, 4) is 0 Å². The normalized spacial score (nSPS) is 16.9. The first-order valence-corrected chi connectivity index (χ1v) is 8.98. The Balaban J connectivity index is 1.42. The van der Waals surface area contributed by atoms with E-state index in [-0.39, 0.29) is 11.9 Å². The molecule has 4 rings (SSSR count). The standard InChI is InChI=1S/C19H22N6O2/c1-13-7-21-16(8-20-13)9-22-19(26)17-11-25-5-4-24(14(2)18(25)23-17)10-15-3-6-27-12-15/h3,6-8,11-12,14H,4-5,9-10H2,1-2H3,(H,22,26)/t14-/m0/s1. The lowest BCUT2D eigenvalue weighted by atomic mass is 10.2. The molecule has 1 aliphatic heterocycles. The number of amides is 1. The lowest BCUT2D eigenvalue weighted by Crippen LogP contribution is -2.36. The Hall–Kier alpha value is -3.00. The number of aromatic nitrogens is 4. The van der Waals surface area contributed by atoms with Gasteiger partial charge in [0.25, 0.3) is 5.91 Å². The molecular weight excluding hydrogens is 344 g/mol. The Morgan fingerprint density at radius 3 is 2.96 bits per heavy atom. The minimum atomic E-state index is -0.201. The smallest absolute Gasteiger partial charge is 0.271 e. The molecule has 3 aromatic rings. The van der Waals surface area contributed by atoms with E-state index in [1.165, 1.54) is 0 Å². The third kappa shape index (κ3) is 3.75. The molecule has 1 amide bonds. The fraction of sp³-hybridized carbons (Fsp3) is 0.368. The number of fused-ring (bicyclic) bond motifs is 1. The first-order chi connectivity index (χ1) is 13.1. The number of hydrogen-bond acceptors (Lipinski definition) is 6. The van der Waals surface area contributed by atoms with Crippen molar-refractivity contribution in [2.24, 2.45) is 0 Å². The summed E-state index contributed by atoms with van der Waals surface area (Å²) >= 11 is 0. The zero-order valence-corrected chi connectivity index (χ0v) is 15.4. The topological polar surface area (TPSA) is 89.1 Å². The van der Waals surface area contributed by atoms with Crippen molar-refractivity contribution in [3.05, 3.63) is 65.7 Å². The maximum Gasteiger partial charge on any atom is 0.271 e. The summed E-state index contributed by atoms with van der Waals surface area (Å²) in [5.74, 6) is 0.706. The zero-order valence-electron chi connectivity index (χ0n) is 15.4. The molecule has 0 fully saturated rings. The van der Waals surface area contributed by atoms with Crippen LogP contribution in [0.1, 0.15) is 46.2 Å². The van der Waals surface area contributed by atoms with Gasteiger partial charge in [-0.1, -0.05) is 0 Å². The maximum atomic E-state index is 12.5. The van der Waals surface area contributed by atoms with E-state index in [0.29, 0.717) is 12.2 Å². The fourth-order valence-corrected chi connectivity index (χ4v) is 3.25. The summed E-state index contributed by atoms with van der Waals surface area (Å²) in [6.07, 6.45) is 8.64. The van der Waals surface area contributed by atoms with Gasteiger partial charge in [0.15, 0.2) is 0 Å². The van der Waals surface area contributed by atoms with Crippen molar-refractivity contribution in [2.45, 2.75) is 39.5 Å². The van der Waals surface area contributed by atoms with E-state index in [2.05, 4.69) is 36.7 Å². The minimum absolute atomic E-state index is 0.123. The van der Waals surface area contributed by atoms with Gasteiger partial charge in [-0.15, -0.1) is 0 Å². The molecule has 27 heavy (non-hydrogen) atoms. The van der Waals surface area contributed by atoms with E-state index in [1.807, 2.05) is 19.2 Å². The van der Waals surface area contributed by atoms with E-state index in [1.54, 1.807) is 24.9 Å². The highest BCUT2D eigenvalue weighted by atomic mass is 16.3. The summed E-state index contributed by atoms with van der Waals surface area (Å²) in [7, 11) is 0. The van der Waals surface area contributed by atoms with E-state index in [9.17, 15) is 4.79 Å². The molecule has 8 heteroatoms. The zero-order chi connectivity index (χ0) is 18.8. The molecule has 0 aliphatic carbocycles. The number of rotatable bonds is 5. The molecule has 1 atom stereocenters. The molecule has 1 N–H and O–H groups in total. The monoisotopic (exact) mass is 366 g/mol. The molecule has 0 radical (unpaired) electrons. The second kappa shape index (κ2) is 7.32. The SMILES string of the molecule is Cc1cnc(CNC(=O)c2cn3c(n2)[C@H](C)N(Cc2ccoc2)CC3)cn1. The van der Waals surface area contributed by atoms with E-state index < -0.39 is 0 Å². The first-order valence-electron chi connectivity index (χ1n) is 8.98. The Morgan fingerprint density at radius 2 is 2.22 bits per heavy atom. The minimum Gasteiger partial charge on any atom is -0.472 e. The molecule has 140 valence electrons. The van der Waals surface area contributed by atoms with Crippen LogP contribution in [-0.4, -0.2) is 36.9 Å². The van der Waals surface area contributed by atoms with Gasteiger partial charge >= 0.3 is 0 Å². The summed E-state index contributed by atoms with van der Waals surface area (Å²) in [5, 5.41) is 2.86. The Labute approximate surface area is 157 Å². The number of carbonyl (C=O) groups excluding carboxylic acids is 1. The Morgan fingerprint density at radius 1 is 1.33 bits per heavy atom. The van der Waals surface area contributed by atoms with Crippen molar-refractivity contribution in [1.29, 1.82) is 0 Å². The maximum absolute atomic E-state index is 12.5. The highest BCUT2D eigenvalue weighted by Gasteiger charge is 2.27. The van der Waals surface area contributed by atoms with Crippen LogP contribution in [-0.2, 0) is 19.6 Å². The third-order valence-electron chi connectivity index (χ3n) is 4.82. The second-order valence-electron chi connectivity index (χ2n) is 6.79.